The maximum atomic E-state index is 13.2. The Balaban J connectivity index is 1.90. The van der Waals surface area contributed by atoms with Crippen molar-refractivity contribution in [2.45, 2.75) is 58.5 Å². The number of hydrogen-bond acceptors (Lipinski definition) is 4. The Morgan fingerprint density at radius 1 is 1.00 bits per heavy atom. The highest BCUT2D eigenvalue weighted by atomic mass is 16.5. The molecule has 1 aromatic carbocycles. The van der Waals surface area contributed by atoms with Crippen molar-refractivity contribution in [1.82, 2.24) is 15.2 Å². The first-order valence-electron chi connectivity index (χ1n) is 11.7. The smallest absolute Gasteiger partial charge is 0.256 e. The highest BCUT2D eigenvalue weighted by Crippen LogP contribution is 2.34. The SMILES string of the molecule is CC(C)Cn1cc(C(=O)NCC2(c3ccccc3)CCOCC2)c(=O)c(C(=O)NC(C)C)c1. The van der Waals surface area contributed by atoms with Gasteiger partial charge in [0.1, 0.15) is 11.1 Å². The average Bonchev–Trinajstić information content (AvgIpc) is 2.79. The van der Waals surface area contributed by atoms with Crippen LogP contribution in [0.25, 0.3) is 0 Å². The van der Waals surface area contributed by atoms with Gasteiger partial charge in [0.25, 0.3) is 11.8 Å². The second-order valence-corrected chi connectivity index (χ2v) is 9.57. The quantitative estimate of drug-likeness (QED) is 0.643. The maximum absolute atomic E-state index is 13.2. The average molecular weight is 454 g/mol. The van der Waals surface area contributed by atoms with Gasteiger partial charge in [-0.25, -0.2) is 0 Å². The van der Waals surface area contributed by atoms with Gasteiger partial charge in [-0.1, -0.05) is 44.2 Å². The molecule has 0 aliphatic carbocycles. The number of pyridine rings is 1. The molecule has 2 aromatic rings. The molecular formula is C26H35N3O4. The van der Waals surface area contributed by atoms with Crippen molar-refractivity contribution in [3.63, 3.8) is 0 Å². The summed E-state index contributed by atoms with van der Waals surface area (Å²) in [6.45, 7) is 9.98. The largest absolute Gasteiger partial charge is 0.381 e. The molecule has 0 bridgehead atoms. The van der Waals surface area contributed by atoms with Gasteiger partial charge in [-0.3, -0.25) is 14.4 Å². The van der Waals surface area contributed by atoms with Crippen molar-refractivity contribution in [3.05, 3.63) is 69.6 Å². The Bertz CT molecular complexity index is 1020. The molecule has 0 radical (unpaired) electrons. The molecule has 2 N–H and O–H groups in total. The highest BCUT2D eigenvalue weighted by Gasteiger charge is 2.35. The fourth-order valence-corrected chi connectivity index (χ4v) is 4.29. The van der Waals surface area contributed by atoms with Crippen LogP contribution in [0, 0.1) is 5.92 Å². The molecule has 7 nitrogen and oxygen atoms in total. The number of carbonyl (C=O) groups excluding carboxylic acids is 2. The zero-order chi connectivity index (χ0) is 24.0. The summed E-state index contributed by atoms with van der Waals surface area (Å²) in [5.41, 5.74) is 0.323. The standard InChI is InChI=1S/C26H35N3O4/c1-18(2)14-29-15-21(23(30)22(16-29)25(32)28-19(3)4)24(31)27-17-26(10-12-33-13-11-26)20-8-6-5-7-9-20/h5-9,15-16,18-19H,10-14,17H2,1-4H3,(H,27,31)(H,28,32). The van der Waals surface area contributed by atoms with Crippen LogP contribution in [0.1, 0.15) is 66.8 Å². The summed E-state index contributed by atoms with van der Waals surface area (Å²) in [7, 11) is 0. The first-order chi connectivity index (χ1) is 15.7. The summed E-state index contributed by atoms with van der Waals surface area (Å²) < 4.78 is 7.33. The third-order valence-corrected chi connectivity index (χ3v) is 5.99. The predicted molar refractivity (Wildman–Crippen MR) is 129 cm³/mol. The molecule has 3 rings (SSSR count). The van der Waals surface area contributed by atoms with E-state index in [2.05, 4.69) is 22.8 Å². The van der Waals surface area contributed by atoms with Gasteiger partial charge < -0.3 is 19.9 Å². The van der Waals surface area contributed by atoms with Gasteiger partial charge in [-0.2, -0.15) is 0 Å². The lowest BCUT2D eigenvalue weighted by molar-refractivity contribution is 0.0487. The fraction of sp³-hybridized carbons (Fsp3) is 0.500. The van der Waals surface area contributed by atoms with Crippen LogP contribution < -0.4 is 16.1 Å². The molecule has 2 heterocycles. The van der Waals surface area contributed by atoms with E-state index in [0.29, 0.717) is 26.3 Å². The lowest BCUT2D eigenvalue weighted by Gasteiger charge is -2.38. The van der Waals surface area contributed by atoms with Gasteiger partial charge >= 0.3 is 0 Å². The minimum absolute atomic E-state index is 0.0117. The van der Waals surface area contributed by atoms with Crippen molar-refractivity contribution in [2.24, 2.45) is 5.92 Å². The number of nitrogens with one attached hydrogen (secondary N) is 2. The van der Waals surface area contributed by atoms with E-state index in [0.717, 1.165) is 18.4 Å². The second-order valence-electron chi connectivity index (χ2n) is 9.57. The normalized spacial score (nSPS) is 15.5. The third-order valence-electron chi connectivity index (χ3n) is 5.99. The van der Waals surface area contributed by atoms with E-state index in [1.165, 1.54) is 0 Å². The Labute approximate surface area is 195 Å². The number of nitrogens with zero attached hydrogens (tertiary/aromatic N) is 1. The molecular weight excluding hydrogens is 418 g/mol. The molecule has 33 heavy (non-hydrogen) atoms. The number of rotatable bonds is 8. The van der Waals surface area contributed by atoms with E-state index in [9.17, 15) is 14.4 Å². The first kappa shape index (κ1) is 24.7. The van der Waals surface area contributed by atoms with Gasteiger partial charge in [0.2, 0.25) is 5.43 Å². The third kappa shape index (κ3) is 6.11. The molecule has 178 valence electrons. The van der Waals surface area contributed by atoms with Crippen LogP contribution in [0.15, 0.2) is 47.5 Å². The van der Waals surface area contributed by atoms with Crippen LogP contribution in [0.4, 0.5) is 0 Å². The van der Waals surface area contributed by atoms with Crippen molar-refractivity contribution < 1.29 is 14.3 Å². The van der Waals surface area contributed by atoms with Crippen molar-refractivity contribution in [1.29, 1.82) is 0 Å². The van der Waals surface area contributed by atoms with Gasteiger partial charge in [0, 0.05) is 50.2 Å². The monoisotopic (exact) mass is 453 g/mol. The maximum Gasteiger partial charge on any atom is 0.256 e. The Morgan fingerprint density at radius 3 is 2.18 bits per heavy atom. The Kier molecular flexibility index (Phi) is 8.08. The summed E-state index contributed by atoms with van der Waals surface area (Å²) in [6.07, 6.45) is 4.67. The lowest BCUT2D eigenvalue weighted by atomic mass is 9.74. The van der Waals surface area contributed by atoms with E-state index >= 15 is 0 Å². The number of ether oxygens (including phenoxy) is 1. The summed E-state index contributed by atoms with van der Waals surface area (Å²) in [4.78, 5) is 39.0. The zero-order valence-electron chi connectivity index (χ0n) is 20.0. The molecule has 0 spiro atoms. The van der Waals surface area contributed by atoms with E-state index < -0.39 is 17.2 Å². The minimum Gasteiger partial charge on any atom is -0.381 e. The molecule has 1 aliphatic heterocycles. The van der Waals surface area contributed by atoms with Gasteiger partial charge in [-0.15, -0.1) is 0 Å². The molecule has 1 aliphatic rings. The van der Waals surface area contributed by atoms with Crippen LogP contribution in [0.3, 0.4) is 0 Å². The van der Waals surface area contributed by atoms with Crippen molar-refractivity contribution >= 4 is 11.8 Å². The lowest BCUT2D eigenvalue weighted by Crippen LogP contribution is -2.45. The summed E-state index contributed by atoms with van der Waals surface area (Å²) in [5.74, 6) is -0.640. The number of hydrogen-bond donors (Lipinski definition) is 2. The van der Waals surface area contributed by atoms with Gasteiger partial charge in [0.05, 0.1) is 0 Å². The molecule has 0 atom stereocenters. The summed E-state index contributed by atoms with van der Waals surface area (Å²) in [5, 5.41) is 5.76. The minimum atomic E-state index is -0.550. The number of aromatic nitrogens is 1. The molecule has 0 unspecified atom stereocenters. The van der Waals surface area contributed by atoms with Crippen LogP contribution in [-0.4, -0.2) is 42.2 Å². The molecule has 1 fully saturated rings. The van der Waals surface area contributed by atoms with Crippen LogP contribution in [0.5, 0.6) is 0 Å². The van der Waals surface area contributed by atoms with Crippen molar-refractivity contribution in [3.8, 4) is 0 Å². The fourth-order valence-electron chi connectivity index (χ4n) is 4.29. The van der Waals surface area contributed by atoms with Crippen molar-refractivity contribution in [2.75, 3.05) is 19.8 Å². The second kappa shape index (κ2) is 10.8. The molecule has 7 heteroatoms. The van der Waals surface area contributed by atoms with Crippen LogP contribution in [-0.2, 0) is 16.7 Å². The zero-order valence-corrected chi connectivity index (χ0v) is 20.0. The molecule has 2 amide bonds. The van der Waals surface area contributed by atoms with Gasteiger partial charge in [0.15, 0.2) is 0 Å². The molecule has 0 saturated carbocycles. The predicted octanol–water partition coefficient (Wildman–Crippen LogP) is 3.12. The van der Waals surface area contributed by atoms with E-state index in [1.807, 2.05) is 45.9 Å². The first-order valence-corrected chi connectivity index (χ1v) is 11.7. The highest BCUT2D eigenvalue weighted by molar-refractivity contribution is 5.99. The van der Waals surface area contributed by atoms with E-state index in [4.69, 9.17) is 4.74 Å². The van der Waals surface area contributed by atoms with E-state index in [1.54, 1.807) is 17.0 Å². The molecule has 1 saturated heterocycles. The number of carbonyl (C=O) groups is 2. The van der Waals surface area contributed by atoms with E-state index in [-0.39, 0.29) is 28.5 Å². The summed E-state index contributed by atoms with van der Waals surface area (Å²) in [6, 6.07) is 9.99. The summed E-state index contributed by atoms with van der Waals surface area (Å²) >= 11 is 0. The number of benzene rings is 1. The molecule has 1 aromatic heterocycles. The topological polar surface area (TPSA) is 89.4 Å². The Morgan fingerprint density at radius 2 is 1.61 bits per heavy atom. The number of amides is 2. The van der Waals surface area contributed by atoms with Crippen LogP contribution in [0.2, 0.25) is 0 Å². The van der Waals surface area contributed by atoms with Crippen LogP contribution >= 0.6 is 0 Å². The Hall–Kier alpha value is -2.93. The van der Waals surface area contributed by atoms with Gasteiger partial charge in [-0.05, 0) is 38.2 Å².